The number of anilines is 1. The molecule has 2 heterocycles. The Morgan fingerprint density at radius 2 is 2.14 bits per heavy atom. The summed E-state index contributed by atoms with van der Waals surface area (Å²) < 4.78 is 5.53. The molecule has 0 bridgehead atoms. The number of nitrogens with one attached hydrogen (secondary N) is 1. The second-order valence-electron chi connectivity index (χ2n) is 7.93. The van der Waals surface area contributed by atoms with Crippen molar-refractivity contribution < 1.29 is 9.53 Å². The molecule has 1 unspecified atom stereocenters. The molecule has 1 atom stereocenters. The number of piperidine rings is 1. The van der Waals surface area contributed by atoms with E-state index in [2.05, 4.69) is 15.2 Å². The van der Waals surface area contributed by atoms with Crippen LogP contribution in [0.25, 0.3) is 0 Å². The molecule has 1 aliphatic carbocycles. The molecule has 29 heavy (non-hydrogen) atoms. The lowest BCUT2D eigenvalue weighted by Gasteiger charge is -2.28. The highest BCUT2D eigenvalue weighted by atomic mass is 16.5. The normalized spacial score (nSPS) is 18.8. The van der Waals surface area contributed by atoms with E-state index in [1.165, 1.54) is 19.3 Å². The van der Waals surface area contributed by atoms with Crippen molar-refractivity contribution in [3.05, 3.63) is 47.3 Å². The van der Waals surface area contributed by atoms with Gasteiger partial charge in [0.2, 0.25) is 11.9 Å². The third-order valence-electron chi connectivity index (χ3n) is 5.82. The lowest BCUT2D eigenvalue weighted by Crippen LogP contribution is -2.35. The Hall–Kier alpha value is -2.63. The lowest BCUT2D eigenvalue weighted by molar-refractivity contribution is -0.125. The van der Waals surface area contributed by atoms with Gasteiger partial charge in [-0.25, -0.2) is 9.97 Å². The van der Waals surface area contributed by atoms with Crippen LogP contribution in [0.15, 0.2) is 30.5 Å². The number of nitrogens with zero attached hydrogens (tertiary/aromatic N) is 3. The lowest BCUT2D eigenvalue weighted by atomic mass is 9.86. The Labute approximate surface area is 172 Å². The van der Waals surface area contributed by atoms with Gasteiger partial charge in [0, 0.05) is 37.4 Å². The molecule has 2 aromatic rings. The molecule has 1 fully saturated rings. The van der Waals surface area contributed by atoms with Crippen LogP contribution in [0.5, 0.6) is 5.75 Å². The first-order valence-corrected chi connectivity index (χ1v) is 10.8. The molecular weight excluding hydrogens is 364 g/mol. The zero-order valence-corrected chi connectivity index (χ0v) is 17.2. The number of benzene rings is 1. The SMILES string of the molecule is CCOc1cccc(CNC(=O)C2CCc3nc(N4CCCCC4)ncc3C2)c1. The summed E-state index contributed by atoms with van der Waals surface area (Å²) >= 11 is 0. The van der Waals surface area contributed by atoms with E-state index in [9.17, 15) is 4.79 Å². The van der Waals surface area contributed by atoms with Crippen LogP contribution in [0.3, 0.4) is 0 Å². The van der Waals surface area contributed by atoms with Crippen LogP contribution >= 0.6 is 0 Å². The van der Waals surface area contributed by atoms with Gasteiger partial charge in [0.1, 0.15) is 5.75 Å². The zero-order chi connectivity index (χ0) is 20.1. The van der Waals surface area contributed by atoms with Gasteiger partial charge in [-0.1, -0.05) is 12.1 Å². The number of carbonyl (C=O) groups excluding carboxylic acids is 1. The molecular formula is C23H30N4O2. The average molecular weight is 395 g/mol. The first kappa shape index (κ1) is 19.7. The molecule has 154 valence electrons. The molecule has 0 saturated carbocycles. The maximum atomic E-state index is 12.7. The highest BCUT2D eigenvalue weighted by Crippen LogP contribution is 2.26. The molecule has 0 radical (unpaired) electrons. The monoisotopic (exact) mass is 394 g/mol. The van der Waals surface area contributed by atoms with Crippen molar-refractivity contribution in [3.8, 4) is 5.75 Å². The number of hydrogen-bond acceptors (Lipinski definition) is 5. The predicted octanol–water partition coefficient (Wildman–Crippen LogP) is 3.29. The van der Waals surface area contributed by atoms with Crippen molar-refractivity contribution in [2.45, 2.75) is 52.0 Å². The number of aryl methyl sites for hydroxylation is 1. The molecule has 4 rings (SSSR count). The van der Waals surface area contributed by atoms with E-state index in [1.807, 2.05) is 37.4 Å². The summed E-state index contributed by atoms with van der Waals surface area (Å²) in [5.41, 5.74) is 3.29. The Morgan fingerprint density at radius 3 is 2.97 bits per heavy atom. The molecule has 2 aliphatic rings. The summed E-state index contributed by atoms with van der Waals surface area (Å²) in [6.07, 6.45) is 8.09. The highest BCUT2D eigenvalue weighted by Gasteiger charge is 2.26. The molecule has 6 nitrogen and oxygen atoms in total. The molecule has 1 amide bonds. The fourth-order valence-corrected chi connectivity index (χ4v) is 4.21. The van der Waals surface area contributed by atoms with Gasteiger partial charge in [-0.05, 0) is 68.7 Å². The van der Waals surface area contributed by atoms with Crippen LogP contribution in [0.4, 0.5) is 5.95 Å². The van der Waals surface area contributed by atoms with Gasteiger partial charge in [-0.15, -0.1) is 0 Å². The molecule has 1 saturated heterocycles. The Kier molecular flexibility index (Phi) is 6.27. The predicted molar refractivity (Wildman–Crippen MR) is 113 cm³/mol. The maximum Gasteiger partial charge on any atom is 0.225 e. The maximum absolute atomic E-state index is 12.7. The van der Waals surface area contributed by atoms with Gasteiger partial charge in [-0.2, -0.15) is 0 Å². The number of rotatable bonds is 6. The summed E-state index contributed by atoms with van der Waals surface area (Å²) in [5, 5.41) is 3.09. The van der Waals surface area contributed by atoms with E-state index in [1.54, 1.807) is 0 Å². The Bertz CT molecular complexity index is 849. The molecule has 1 aliphatic heterocycles. The van der Waals surface area contributed by atoms with Gasteiger partial charge in [0.05, 0.1) is 6.61 Å². The van der Waals surface area contributed by atoms with E-state index >= 15 is 0 Å². The Balaban J connectivity index is 1.34. The fraction of sp³-hybridized carbons (Fsp3) is 0.522. The van der Waals surface area contributed by atoms with Crippen LogP contribution in [0.2, 0.25) is 0 Å². The fourth-order valence-electron chi connectivity index (χ4n) is 4.21. The van der Waals surface area contributed by atoms with Crippen molar-refractivity contribution in [3.63, 3.8) is 0 Å². The minimum absolute atomic E-state index is 0.0120. The number of carbonyl (C=O) groups is 1. The summed E-state index contributed by atoms with van der Waals surface area (Å²) in [6.45, 7) is 5.23. The number of ether oxygens (including phenoxy) is 1. The van der Waals surface area contributed by atoms with Crippen LogP contribution in [-0.2, 0) is 24.2 Å². The number of aromatic nitrogens is 2. The zero-order valence-electron chi connectivity index (χ0n) is 17.2. The van der Waals surface area contributed by atoms with E-state index in [0.717, 1.165) is 60.9 Å². The van der Waals surface area contributed by atoms with E-state index in [0.29, 0.717) is 13.2 Å². The topological polar surface area (TPSA) is 67.3 Å². The number of hydrogen-bond donors (Lipinski definition) is 1. The standard InChI is InChI=1S/C23H30N4O2/c1-2-29-20-8-6-7-17(13-20)15-24-22(28)18-9-10-21-19(14-18)16-25-23(26-21)27-11-4-3-5-12-27/h6-8,13,16,18H,2-5,9-12,14-15H2,1H3,(H,24,28). The number of fused-ring (bicyclic) bond motifs is 1. The van der Waals surface area contributed by atoms with Gasteiger partial charge < -0.3 is 15.0 Å². The first-order chi connectivity index (χ1) is 14.2. The third kappa shape index (κ3) is 4.86. The van der Waals surface area contributed by atoms with Crippen molar-refractivity contribution in [2.75, 3.05) is 24.6 Å². The van der Waals surface area contributed by atoms with Gasteiger partial charge >= 0.3 is 0 Å². The van der Waals surface area contributed by atoms with Gasteiger partial charge in [-0.3, -0.25) is 4.79 Å². The van der Waals surface area contributed by atoms with Gasteiger partial charge in [0.15, 0.2) is 0 Å². The molecule has 1 aromatic heterocycles. The van der Waals surface area contributed by atoms with Crippen LogP contribution in [0, 0.1) is 5.92 Å². The number of amides is 1. The molecule has 6 heteroatoms. The molecule has 1 N–H and O–H groups in total. The smallest absolute Gasteiger partial charge is 0.225 e. The summed E-state index contributed by atoms with van der Waals surface area (Å²) in [7, 11) is 0. The quantitative estimate of drug-likeness (QED) is 0.814. The van der Waals surface area contributed by atoms with Crippen molar-refractivity contribution in [2.24, 2.45) is 5.92 Å². The summed E-state index contributed by atoms with van der Waals surface area (Å²) in [6, 6.07) is 7.89. The Morgan fingerprint density at radius 1 is 1.28 bits per heavy atom. The molecule has 0 spiro atoms. The minimum atomic E-state index is -0.0120. The highest BCUT2D eigenvalue weighted by molar-refractivity contribution is 5.79. The third-order valence-corrected chi connectivity index (χ3v) is 5.82. The van der Waals surface area contributed by atoms with Crippen LogP contribution in [0.1, 0.15) is 49.4 Å². The minimum Gasteiger partial charge on any atom is -0.494 e. The summed E-state index contributed by atoms with van der Waals surface area (Å²) in [4.78, 5) is 24.4. The van der Waals surface area contributed by atoms with E-state index in [4.69, 9.17) is 9.72 Å². The second kappa shape index (κ2) is 9.25. The van der Waals surface area contributed by atoms with Crippen molar-refractivity contribution in [1.29, 1.82) is 0 Å². The van der Waals surface area contributed by atoms with Gasteiger partial charge in [0.25, 0.3) is 0 Å². The van der Waals surface area contributed by atoms with Crippen LogP contribution < -0.4 is 15.0 Å². The first-order valence-electron chi connectivity index (χ1n) is 10.8. The average Bonchev–Trinajstić information content (AvgIpc) is 2.78. The largest absolute Gasteiger partial charge is 0.494 e. The van der Waals surface area contributed by atoms with Crippen molar-refractivity contribution in [1.82, 2.24) is 15.3 Å². The van der Waals surface area contributed by atoms with E-state index < -0.39 is 0 Å². The van der Waals surface area contributed by atoms with E-state index in [-0.39, 0.29) is 11.8 Å². The second-order valence-corrected chi connectivity index (χ2v) is 7.93. The molecule has 1 aromatic carbocycles. The van der Waals surface area contributed by atoms with Crippen molar-refractivity contribution >= 4 is 11.9 Å². The van der Waals surface area contributed by atoms with Crippen LogP contribution in [-0.4, -0.2) is 35.6 Å². The summed E-state index contributed by atoms with van der Waals surface area (Å²) in [5.74, 6) is 1.80.